The average molecular weight is 635 g/mol. The summed E-state index contributed by atoms with van der Waals surface area (Å²) in [4.78, 5) is 22.3. The van der Waals surface area contributed by atoms with E-state index in [-0.39, 0.29) is 51.4 Å². The minimum Gasteiger partial charge on any atom is -0.457 e. The summed E-state index contributed by atoms with van der Waals surface area (Å²) in [6.45, 7) is 0.153. The van der Waals surface area contributed by atoms with Gasteiger partial charge in [0.1, 0.15) is 29.4 Å². The standard InChI is InChI=1S/C27H27ClN4O8S2/c1-38-42(36,37)15-20-9-8-17(14-39-20)31-26-24-22(13-32(41(2,34)35)27(24)30-16-29-26)25(33)21-11-10-19(12-23(21)28)40-18-6-4-3-5-7-18/h3-7,10-13,16-17,20H,8-9,14-15H2,1-2H3,(H,29,30,31)/t17-,20+/m1/s1. The van der Waals surface area contributed by atoms with Crippen LogP contribution in [0.1, 0.15) is 28.8 Å². The van der Waals surface area contributed by atoms with Crippen molar-refractivity contribution in [2.45, 2.75) is 25.0 Å². The number of benzene rings is 2. The first kappa shape index (κ1) is 29.9. The second-order valence-electron chi connectivity index (χ2n) is 9.67. The molecule has 1 aliphatic rings. The van der Waals surface area contributed by atoms with Gasteiger partial charge < -0.3 is 14.8 Å². The van der Waals surface area contributed by atoms with Gasteiger partial charge in [-0.1, -0.05) is 29.8 Å². The highest BCUT2D eigenvalue weighted by Gasteiger charge is 2.29. The molecule has 15 heteroatoms. The average Bonchev–Trinajstić information content (AvgIpc) is 3.36. The molecule has 0 radical (unpaired) electrons. The summed E-state index contributed by atoms with van der Waals surface area (Å²) in [5.74, 6) is 0.430. The van der Waals surface area contributed by atoms with Gasteiger partial charge in [-0.3, -0.25) is 8.98 Å². The van der Waals surface area contributed by atoms with Crippen LogP contribution in [0.3, 0.4) is 0 Å². The highest BCUT2D eigenvalue weighted by Crippen LogP contribution is 2.33. The molecule has 1 saturated heterocycles. The Balaban J connectivity index is 1.45. The summed E-state index contributed by atoms with van der Waals surface area (Å²) in [6.07, 6.45) is 3.83. The summed E-state index contributed by atoms with van der Waals surface area (Å²) in [5.41, 5.74) is 0.167. The minimum atomic E-state index is -3.85. The number of aromatic nitrogens is 3. The van der Waals surface area contributed by atoms with E-state index in [0.29, 0.717) is 24.3 Å². The number of nitrogens with zero attached hydrogens (tertiary/aromatic N) is 3. The Kier molecular flexibility index (Phi) is 8.53. The van der Waals surface area contributed by atoms with Gasteiger partial charge in [-0.05, 0) is 37.1 Å². The first-order valence-corrected chi connectivity index (χ1v) is 16.6. The first-order chi connectivity index (χ1) is 19.9. The molecule has 5 rings (SSSR count). The van der Waals surface area contributed by atoms with Crippen LogP contribution in [0, 0.1) is 0 Å². The van der Waals surface area contributed by atoms with Gasteiger partial charge >= 0.3 is 0 Å². The number of rotatable bonds is 10. The maximum absolute atomic E-state index is 13.8. The summed E-state index contributed by atoms with van der Waals surface area (Å²) >= 11 is 6.51. The van der Waals surface area contributed by atoms with Crippen LogP contribution in [-0.4, -0.2) is 74.4 Å². The summed E-state index contributed by atoms with van der Waals surface area (Å²) in [7, 11) is -6.43. The van der Waals surface area contributed by atoms with Crippen molar-refractivity contribution in [2.75, 3.05) is 31.0 Å². The molecule has 2 atom stereocenters. The molecule has 0 bridgehead atoms. The number of carbonyl (C=O) groups excluding carboxylic acids is 1. The number of fused-ring (bicyclic) bond motifs is 1. The third-order valence-electron chi connectivity index (χ3n) is 6.67. The molecule has 2 aromatic heterocycles. The van der Waals surface area contributed by atoms with Gasteiger partial charge in [0.15, 0.2) is 11.4 Å². The first-order valence-electron chi connectivity index (χ1n) is 12.8. The predicted octanol–water partition coefficient (Wildman–Crippen LogP) is 3.85. The summed E-state index contributed by atoms with van der Waals surface area (Å²) in [6, 6.07) is 13.4. The minimum absolute atomic E-state index is 0.0132. The molecule has 1 fully saturated rings. The van der Waals surface area contributed by atoms with Crippen molar-refractivity contribution in [1.82, 2.24) is 13.9 Å². The molecule has 2 aromatic carbocycles. The number of anilines is 1. The number of halogens is 1. The largest absolute Gasteiger partial charge is 0.457 e. The second-order valence-corrected chi connectivity index (χ2v) is 13.7. The Morgan fingerprint density at radius 3 is 2.48 bits per heavy atom. The van der Waals surface area contributed by atoms with Crippen LogP contribution in [0.4, 0.5) is 5.82 Å². The Morgan fingerprint density at radius 2 is 1.83 bits per heavy atom. The van der Waals surface area contributed by atoms with E-state index in [0.717, 1.165) is 17.3 Å². The number of hydrogen-bond acceptors (Lipinski definition) is 11. The van der Waals surface area contributed by atoms with Gasteiger partial charge in [0.05, 0.1) is 48.1 Å². The molecule has 0 aliphatic carbocycles. The predicted molar refractivity (Wildman–Crippen MR) is 156 cm³/mol. The molecule has 3 heterocycles. The Hall–Kier alpha value is -3.56. The third-order valence-corrected chi connectivity index (χ3v) is 9.27. The molecule has 0 saturated carbocycles. The van der Waals surface area contributed by atoms with Crippen LogP contribution in [-0.2, 0) is 29.1 Å². The lowest BCUT2D eigenvalue weighted by Crippen LogP contribution is -2.38. The lowest BCUT2D eigenvalue weighted by Gasteiger charge is -2.29. The van der Waals surface area contributed by atoms with Crippen LogP contribution in [0.15, 0.2) is 61.1 Å². The number of carbonyl (C=O) groups is 1. The molecular formula is C27H27ClN4O8S2. The number of ketones is 1. The van der Waals surface area contributed by atoms with Crippen molar-refractivity contribution in [1.29, 1.82) is 0 Å². The molecule has 222 valence electrons. The molecular weight excluding hydrogens is 608 g/mol. The van der Waals surface area contributed by atoms with Gasteiger partial charge in [-0.2, -0.15) is 8.42 Å². The number of hydrogen-bond donors (Lipinski definition) is 1. The molecule has 0 spiro atoms. The highest BCUT2D eigenvalue weighted by atomic mass is 35.5. The summed E-state index contributed by atoms with van der Waals surface area (Å²) < 4.78 is 65.8. The molecule has 1 aliphatic heterocycles. The Labute approximate surface area is 247 Å². The molecule has 4 aromatic rings. The van der Waals surface area contributed by atoms with Crippen LogP contribution < -0.4 is 10.1 Å². The molecule has 12 nitrogen and oxygen atoms in total. The lowest BCUT2D eigenvalue weighted by molar-refractivity contribution is 0.0223. The van der Waals surface area contributed by atoms with E-state index < -0.39 is 32.0 Å². The van der Waals surface area contributed by atoms with E-state index in [9.17, 15) is 21.6 Å². The van der Waals surface area contributed by atoms with E-state index >= 15 is 0 Å². The van der Waals surface area contributed by atoms with Gasteiger partial charge in [-0.25, -0.2) is 22.4 Å². The summed E-state index contributed by atoms with van der Waals surface area (Å²) in [5, 5.41) is 3.51. The SMILES string of the molecule is COS(=O)(=O)C[C@@H]1CC[C@@H](Nc2ncnc3c2c(C(=O)c2ccc(Oc4ccccc4)cc2Cl)cn3S(C)(=O)=O)CO1. The third kappa shape index (κ3) is 6.57. The van der Waals surface area contributed by atoms with Gasteiger partial charge in [0.2, 0.25) is 10.0 Å². The fourth-order valence-corrected chi connectivity index (χ4v) is 6.48. The van der Waals surface area contributed by atoms with Crippen molar-refractivity contribution in [3.63, 3.8) is 0 Å². The van der Waals surface area contributed by atoms with Crippen LogP contribution in [0.5, 0.6) is 11.5 Å². The van der Waals surface area contributed by atoms with Crippen molar-refractivity contribution >= 4 is 54.4 Å². The zero-order valence-electron chi connectivity index (χ0n) is 22.6. The molecule has 1 N–H and O–H groups in total. The highest BCUT2D eigenvalue weighted by molar-refractivity contribution is 7.89. The lowest BCUT2D eigenvalue weighted by atomic mass is 10.0. The van der Waals surface area contributed by atoms with E-state index in [1.807, 2.05) is 18.2 Å². The second kappa shape index (κ2) is 12.0. The molecule has 42 heavy (non-hydrogen) atoms. The van der Waals surface area contributed by atoms with Crippen molar-refractivity contribution < 1.29 is 35.3 Å². The van der Waals surface area contributed by atoms with Gasteiger partial charge in [-0.15, -0.1) is 0 Å². The van der Waals surface area contributed by atoms with Gasteiger partial charge in [0, 0.05) is 17.8 Å². The Bertz CT molecular complexity index is 1840. The van der Waals surface area contributed by atoms with E-state index in [1.54, 1.807) is 18.2 Å². The maximum Gasteiger partial charge on any atom is 0.269 e. The van der Waals surface area contributed by atoms with Crippen molar-refractivity contribution in [2.24, 2.45) is 0 Å². The zero-order valence-corrected chi connectivity index (χ0v) is 24.9. The van der Waals surface area contributed by atoms with Gasteiger partial charge in [0.25, 0.3) is 10.1 Å². The number of nitrogens with one attached hydrogen (secondary N) is 1. The van der Waals surface area contributed by atoms with Crippen LogP contribution in [0.25, 0.3) is 11.0 Å². The van der Waals surface area contributed by atoms with E-state index in [4.69, 9.17) is 21.1 Å². The maximum atomic E-state index is 13.8. The van der Waals surface area contributed by atoms with Crippen LogP contribution >= 0.6 is 11.6 Å². The normalized spacial score (nSPS) is 17.7. The number of para-hydroxylation sites is 1. The van der Waals surface area contributed by atoms with E-state index in [2.05, 4.69) is 19.5 Å². The smallest absolute Gasteiger partial charge is 0.269 e. The number of ether oxygens (including phenoxy) is 2. The monoisotopic (exact) mass is 634 g/mol. The Morgan fingerprint density at radius 1 is 1.07 bits per heavy atom. The topological polar surface area (TPSA) is 156 Å². The fraction of sp³-hybridized carbons (Fsp3) is 0.296. The van der Waals surface area contributed by atoms with E-state index in [1.165, 1.54) is 24.7 Å². The fourth-order valence-electron chi connectivity index (χ4n) is 4.62. The zero-order chi connectivity index (χ0) is 30.1. The van der Waals surface area contributed by atoms with Crippen LogP contribution in [0.2, 0.25) is 5.02 Å². The van der Waals surface area contributed by atoms with Crippen molar-refractivity contribution in [3.8, 4) is 11.5 Å². The van der Waals surface area contributed by atoms with Crippen molar-refractivity contribution in [3.05, 3.63) is 77.2 Å². The quantitative estimate of drug-likeness (QED) is 0.200. The molecule has 0 unspecified atom stereocenters. The molecule has 0 amide bonds.